The topological polar surface area (TPSA) is 64.6 Å². The zero-order valence-electron chi connectivity index (χ0n) is 13.7. The lowest BCUT2D eigenvalue weighted by Crippen LogP contribution is -2.20. The van der Waals surface area contributed by atoms with Crippen LogP contribution in [0.5, 0.6) is 5.75 Å². The van der Waals surface area contributed by atoms with Crippen LogP contribution in [-0.4, -0.2) is 25.1 Å². The molecule has 0 saturated heterocycles. The van der Waals surface area contributed by atoms with E-state index in [9.17, 15) is 14.0 Å². The summed E-state index contributed by atoms with van der Waals surface area (Å²) in [5.41, 5.74) is 1.40. The molecule has 130 valence electrons. The van der Waals surface area contributed by atoms with Gasteiger partial charge in [-0.25, -0.2) is 9.18 Å². The van der Waals surface area contributed by atoms with Crippen molar-refractivity contribution < 1.29 is 23.5 Å². The number of anilines is 1. The first-order chi connectivity index (χ1) is 12.1. The van der Waals surface area contributed by atoms with Gasteiger partial charge in [0.25, 0.3) is 5.91 Å². The van der Waals surface area contributed by atoms with Crippen molar-refractivity contribution in [2.24, 2.45) is 0 Å². The molecule has 0 saturated carbocycles. The van der Waals surface area contributed by atoms with Crippen molar-refractivity contribution in [2.75, 3.05) is 18.5 Å². The quantitative estimate of drug-likeness (QED) is 0.618. The Kier molecular flexibility index (Phi) is 6.71. The van der Waals surface area contributed by atoms with Crippen molar-refractivity contribution in [2.45, 2.75) is 6.92 Å². The molecule has 0 unspecified atom stereocenters. The fourth-order valence-electron chi connectivity index (χ4n) is 1.91. The van der Waals surface area contributed by atoms with Crippen LogP contribution in [0.1, 0.15) is 12.5 Å². The summed E-state index contributed by atoms with van der Waals surface area (Å²) < 4.78 is 22.8. The molecule has 1 N–H and O–H groups in total. The molecule has 0 spiro atoms. The monoisotopic (exact) mass is 343 g/mol. The summed E-state index contributed by atoms with van der Waals surface area (Å²) in [6.07, 6.45) is 2.97. The lowest BCUT2D eigenvalue weighted by molar-refractivity contribution is -0.137. The summed E-state index contributed by atoms with van der Waals surface area (Å²) in [6.45, 7) is 1.88. The zero-order valence-corrected chi connectivity index (χ0v) is 13.7. The Balaban J connectivity index is 1.82. The minimum absolute atomic E-state index is 0.184. The van der Waals surface area contributed by atoms with Crippen LogP contribution in [0.3, 0.4) is 0 Å². The SMILES string of the molecule is CCOC(=O)/C=C/c1ccc(NC(=O)COc2ccc(F)cc2)cc1. The summed E-state index contributed by atoms with van der Waals surface area (Å²) in [5, 5.41) is 2.68. The summed E-state index contributed by atoms with van der Waals surface area (Å²) in [4.78, 5) is 23.1. The van der Waals surface area contributed by atoms with Crippen molar-refractivity contribution in [1.29, 1.82) is 0 Å². The minimum atomic E-state index is -0.405. The number of benzene rings is 2. The number of carbonyl (C=O) groups is 2. The fraction of sp³-hybridized carbons (Fsp3) is 0.158. The van der Waals surface area contributed by atoms with Crippen LogP contribution < -0.4 is 10.1 Å². The number of esters is 1. The Morgan fingerprint density at radius 3 is 2.40 bits per heavy atom. The van der Waals surface area contributed by atoms with Crippen LogP contribution in [0.2, 0.25) is 0 Å². The first kappa shape index (κ1) is 18.2. The van der Waals surface area contributed by atoms with E-state index in [4.69, 9.17) is 9.47 Å². The van der Waals surface area contributed by atoms with Gasteiger partial charge in [0, 0.05) is 11.8 Å². The molecule has 2 aromatic carbocycles. The molecule has 6 heteroatoms. The molecule has 5 nitrogen and oxygen atoms in total. The third-order valence-corrected chi connectivity index (χ3v) is 3.08. The number of halogens is 1. The van der Waals surface area contributed by atoms with Crippen molar-refractivity contribution >= 4 is 23.6 Å². The average Bonchev–Trinajstić information content (AvgIpc) is 2.61. The molecule has 0 aromatic heterocycles. The molecule has 0 bridgehead atoms. The minimum Gasteiger partial charge on any atom is -0.484 e. The highest BCUT2D eigenvalue weighted by atomic mass is 19.1. The van der Waals surface area contributed by atoms with Gasteiger partial charge in [-0.1, -0.05) is 12.1 Å². The third-order valence-electron chi connectivity index (χ3n) is 3.08. The Bertz CT molecular complexity index is 739. The van der Waals surface area contributed by atoms with Gasteiger partial charge in [-0.05, 0) is 55.0 Å². The zero-order chi connectivity index (χ0) is 18.1. The van der Waals surface area contributed by atoms with Crippen LogP contribution in [0.4, 0.5) is 10.1 Å². The van der Waals surface area contributed by atoms with Gasteiger partial charge >= 0.3 is 5.97 Å². The van der Waals surface area contributed by atoms with Crippen LogP contribution in [0, 0.1) is 5.82 Å². The highest BCUT2D eigenvalue weighted by Crippen LogP contribution is 2.13. The molecule has 0 heterocycles. The number of amides is 1. The maximum Gasteiger partial charge on any atom is 0.330 e. The van der Waals surface area contributed by atoms with E-state index in [1.807, 2.05) is 0 Å². The maximum absolute atomic E-state index is 12.8. The summed E-state index contributed by atoms with van der Waals surface area (Å²) in [6, 6.07) is 12.4. The van der Waals surface area contributed by atoms with E-state index < -0.39 is 5.97 Å². The van der Waals surface area contributed by atoms with Gasteiger partial charge in [0.2, 0.25) is 0 Å². The lowest BCUT2D eigenvalue weighted by Gasteiger charge is -2.07. The molecule has 1 amide bonds. The van der Waals surface area contributed by atoms with Gasteiger partial charge in [0.15, 0.2) is 6.61 Å². The van der Waals surface area contributed by atoms with Crippen LogP contribution in [0.15, 0.2) is 54.6 Å². The number of hydrogen-bond donors (Lipinski definition) is 1. The third kappa shape index (κ3) is 6.47. The van der Waals surface area contributed by atoms with E-state index in [1.54, 1.807) is 37.3 Å². The van der Waals surface area contributed by atoms with E-state index in [1.165, 1.54) is 30.3 Å². The Morgan fingerprint density at radius 1 is 1.08 bits per heavy atom. The molecular weight excluding hydrogens is 325 g/mol. The van der Waals surface area contributed by atoms with E-state index >= 15 is 0 Å². The molecule has 0 fully saturated rings. The number of hydrogen-bond acceptors (Lipinski definition) is 4. The second-order valence-corrected chi connectivity index (χ2v) is 5.00. The Labute approximate surface area is 145 Å². The fourth-order valence-corrected chi connectivity index (χ4v) is 1.91. The van der Waals surface area contributed by atoms with E-state index in [0.717, 1.165) is 5.56 Å². The largest absolute Gasteiger partial charge is 0.484 e. The van der Waals surface area contributed by atoms with Crippen molar-refractivity contribution in [3.05, 3.63) is 66.0 Å². The number of carbonyl (C=O) groups excluding carboxylic acids is 2. The second kappa shape index (κ2) is 9.22. The van der Waals surface area contributed by atoms with E-state index in [0.29, 0.717) is 18.0 Å². The number of nitrogens with one attached hydrogen (secondary N) is 1. The van der Waals surface area contributed by atoms with Crippen molar-refractivity contribution in [3.63, 3.8) is 0 Å². The predicted octanol–water partition coefficient (Wildman–Crippen LogP) is 3.42. The second-order valence-electron chi connectivity index (χ2n) is 5.00. The highest BCUT2D eigenvalue weighted by molar-refractivity contribution is 5.92. The molecular formula is C19H18FNO4. The van der Waals surface area contributed by atoms with Crippen molar-refractivity contribution in [1.82, 2.24) is 0 Å². The number of rotatable bonds is 7. The van der Waals surface area contributed by atoms with Gasteiger partial charge in [0.05, 0.1) is 6.61 Å². The molecule has 25 heavy (non-hydrogen) atoms. The first-order valence-corrected chi connectivity index (χ1v) is 7.70. The normalized spacial score (nSPS) is 10.5. The van der Waals surface area contributed by atoms with E-state index in [-0.39, 0.29) is 18.3 Å². The van der Waals surface area contributed by atoms with Crippen LogP contribution in [-0.2, 0) is 14.3 Å². The predicted molar refractivity (Wildman–Crippen MR) is 92.6 cm³/mol. The molecule has 0 radical (unpaired) electrons. The Morgan fingerprint density at radius 2 is 1.76 bits per heavy atom. The first-order valence-electron chi connectivity index (χ1n) is 7.70. The molecule has 2 rings (SSSR count). The van der Waals surface area contributed by atoms with Gasteiger partial charge in [0.1, 0.15) is 11.6 Å². The Hall–Kier alpha value is -3.15. The number of ether oxygens (including phenoxy) is 2. The molecule has 0 aliphatic rings. The smallest absolute Gasteiger partial charge is 0.330 e. The highest BCUT2D eigenvalue weighted by Gasteiger charge is 2.04. The molecule has 2 aromatic rings. The van der Waals surface area contributed by atoms with Crippen LogP contribution in [0.25, 0.3) is 6.08 Å². The van der Waals surface area contributed by atoms with Gasteiger partial charge in [-0.15, -0.1) is 0 Å². The summed E-state index contributed by atoms with van der Waals surface area (Å²) in [7, 11) is 0. The van der Waals surface area contributed by atoms with Gasteiger partial charge < -0.3 is 14.8 Å². The van der Waals surface area contributed by atoms with Crippen molar-refractivity contribution in [3.8, 4) is 5.75 Å². The standard InChI is InChI=1S/C19H18FNO4/c1-2-24-19(23)12-5-14-3-8-16(9-4-14)21-18(22)13-25-17-10-6-15(20)7-11-17/h3-12H,2,13H2,1H3,(H,21,22)/b12-5+. The molecule has 0 aliphatic heterocycles. The molecule has 0 aliphatic carbocycles. The van der Waals surface area contributed by atoms with E-state index in [2.05, 4.69) is 5.32 Å². The average molecular weight is 343 g/mol. The summed E-state index contributed by atoms with van der Waals surface area (Å²) in [5.74, 6) is -0.693. The maximum atomic E-state index is 12.8. The van der Waals surface area contributed by atoms with Gasteiger partial charge in [-0.3, -0.25) is 4.79 Å². The molecule has 0 atom stereocenters. The van der Waals surface area contributed by atoms with Crippen LogP contribution >= 0.6 is 0 Å². The lowest BCUT2D eigenvalue weighted by atomic mass is 10.2. The van der Waals surface area contributed by atoms with Gasteiger partial charge in [-0.2, -0.15) is 0 Å². The summed E-state index contributed by atoms with van der Waals surface area (Å²) >= 11 is 0.